The molecule has 1 saturated heterocycles. The van der Waals surface area contributed by atoms with Crippen molar-refractivity contribution < 1.29 is 4.74 Å². The molecule has 0 saturated carbocycles. The Balaban J connectivity index is 2.37. The number of ether oxygens (including phenoxy) is 1. The highest BCUT2D eigenvalue weighted by molar-refractivity contribution is 6.83. The lowest BCUT2D eigenvalue weighted by Gasteiger charge is -2.23. The molecule has 0 radical (unpaired) electrons. The molecular weight excluding hydrogens is 188 g/mol. The SMILES string of the molecule is C[Si](C)(C)C1=C2COCC2C=CCC1. The van der Waals surface area contributed by atoms with Gasteiger partial charge >= 0.3 is 0 Å². The molecule has 2 heteroatoms. The predicted molar refractivity (Wildman–Crippen MR) is 63.1 cm³/mol. The smallest absolute Gasteiger partial charge is 0.0725 e. The van der Waals surface area contributed by atoms with Crippen LogP contribution in [0.5, 0.6) is 0 Å². The van der Waals surface area contributed by atoms with Gasteiger partial charge in [0.2, 0.25) is 0 Å². The first-order valence-corrected chi connectivity index (χ1v) is 9.06. The fraction of sp³-hybridized carbons (Fsp3) is 0.667. The molecule has 2 aliphatic rings. The molecule has 1 heterocycles. The molecule has 1 atom stereocenters. The van der Waals surface area contributed by atoms with Gasteiger partial charge in [-0.05, 0) is 18.4 Å². The van der Waals surface area contributed by atoms with Crippen LogP contribution in [0.4, 0.5) is 0 Å². The van der Waals surface area contributed by atoms with Crippen LogP contribution in [-0.4, -0.2) is 21.3 Å². The van der Waals surface area contributed by atoms with Crippen molar-refractivity contribution in [2.45, 2.75) is 32.5 Å². The van der Waals surface area contributed by atoms with Gasteiger partial charge in [0.15, 0.2) is 0 Å². The van der Waals surface area contributed by atoms with Gasteiger partial charge < -0.3 is 4.74 Å². The number of fused-ring (bicyclic) bond motifs is 1. The minimum Gasteiger partial charge on any atom is -0.376 e. The van der Waals surface area contributed by atoms with Crippen molar-refractivity contribution in [2.75, 3.05) is 13.2 Å². The van der Waals surface area contributed by atoms with Gasteiger partial charge in [0, 0.05) is 5.92 Å². The average molecular weight is 208 g/mol. The van der Waals surface area contributed by atoms with E-state index in [1.807, 2.05) is 0 Å². The molecule has 1 aliphatic heterocycles. The van der Waals surface area contributed by atoms with E-state index in [-0.39, 0.29) is 0 Å². The zero-order chi connectivity index (χ0) is 10.2. The summed E-state index contributed by atoms with van der Waals surface area (Å²) in [5, 5.41) is 1.77. The summed E-state index contributed by atoms with van der Waals surface area (Å²) in [6.07, 6.45) is 7.21. The Morgan fingerprint density at radius 3 is 2.86 bits per heavy atom. The number of allylic oxidation sites excluding steroid dienone is 2. The van der Waals surface area contributed by atoms with Gasteiger partial charge in [-0.25, -0.2) is 0 Å². The van der Waals surface area contributed by atoms with Gasteiger partial charge in [-0.15, -0.1) is 0 Å². The lowest BCUT2D eigenvalue weighted by Crippen LogP contribution is -2.26. The molecule has 0 bridgehead atoms. The molecule has 0 amide bonds. The summed E-state index contributed by atoms with van der Waals surface area (Å²) in [5.41, 5.74) is 1.62. The van der Waals surface area contributed by atoms with Gasteiger partial charge in [0.05, 0.1) is 21.3 Å². The van der Waals surface area contributed by atoms with Crippen LogP contribution in [0, 0.1) is 5.92 Å². The van der Waals surface area contributed by atoms with Crippen LogP contribution in [0.15, 0.2) is 22.9 Å². The highest BCUT2D eigenvalue weighted by atomic mass is 28.3. The van der Waals surface area contributed by atoms with Crippen LogP contribution < -0.4 is 0 Å². The largest absolute Gasteiger partial charge is 0.376 e. The molecule has 0 spiro atoms. The van der Waals surface area contributed by atoms with E-state index in [2.05, 4.69) is 31.8 Å². The van der Waals surface area contributed by atoms with Crippen molar-refractivity contribution in [3.8, 4) is 0 Å². The molecule has 0 aromatic heterocycles. The maximum absolute atomic E-state index is 5.59. The molecule has 1 nitrogen and oxygen atoms in total. The lowest BCUT2D eigenvalue weighted by atomic mass is 10.0. The van der Waals surface area contributed by atoms with Crippen molar-refractivity contribution in [1.29, 1.82) is 0 Å². The van der Waals surface area contributed by atoms with E-state index in [0.717, 1.165) is 13.2 Å². The van der Waals surface area contributed by atoms with Crippen LogP contribution in [0.3, 0.4) is 0 Å². The third kappa shape index (κ3) is 1.86. The fourth-order valence-electron chi connectivity index (χ4n) is 2.49. The molecule has 2 rings (SSSR count). The standard InChI is InChI=1S/C12H20OSi/c1-14(2,3)12-7-5-4-6-10-8-13-9-11(10)12/h4,6,10H,5,7-9H2,1-3H3. The summed E-state index contributed by atoms with van der Waals surface area (Å²) in [4.78, 5) is 0. The Bertz CT molecular complexity index is 283. The maximum Gasteiger partial charge on any atom is 0.0725 e. The first kappa shape index (κ1) is 10.2. The quantitative estimate of drug-likeness (QED) is 0.475. The van der Waals surface area contributed by atoms with E-state index < -0.39 is 8.07 Å². The molecule has 0 aromatic rings. The van der Waals surface area contributed by atoms with E-state index in [9.17, 15) is 0 Å². The summed E-state index contributed by atoms with van der Waals surface area (Å²) >= 11 is 0. The normalized spacial score (nSPS) is 27.8. The predicted octanol–water partition coefficient (Wildman–Crippen LogP) is 3.16. The molecule has 78 valence electrons. The average Bonchev–Trinajstić information content (AvgIpc) is 2.42. The van der Waals surface area contributed by atoms with Crippen molar-refractivity contribution in [2.24, 2.45) is 5.92 Å². The molecular formula is C12H20OSi. The fourth-order valence-corrected chi connectivity index (χ4v) is 4.61. The van der Waals surface area contributed by atoms with Gasteiger partial charge in [0.1, 0.15) is 0 Å². The second-order valence-corrected chi connectivity index (χ2v) is 10.4. The Hall–Kier alpha value is -0.343. The van der Waals surface area contributed by atoms with Gasteiger partial charge in [-0.2, -0.15) is 0 Å². The topological polar surface area (TPSA) is 9.23 Å². The molecule has 1 fully saturated rings. The Morgan fingerprint density at radius 1 is 1.36 bits per heavy atom. The van der Waals surface area contributed by atoms with E-state index in [1.54, 1.807) is 10.8 Å². The second-order valence-electron chi connectivity index (χ2n) is 5.34. The highest BCUT2D eigenvalue weighted by Crippen LogP contribution is 2.34. The highest BCUT2D eigenvalue weighted by Gasteiger charge is 2.30. The van der Waals surface area contributed by atoms with Crippen molar-refractivity contribution in [1.82, 2.24) is 0 Å². The zero-order valence-electron chi connectivity index (χ0n) is 9.47. The monoisotopic (exact) mass is 208 g/mol. The van der Waals surface area contributed by atoms with Gasteiger partial charge in [-0.1, -0.05) is 37.0 Å². The lowest BCUT2D eigenvalue weighted by molar-refractivity contribution is 0.195. The Labute approximate surface area is 87.9 Å². The van der Waals surface area contributed by atoms with E-state index in [1.165, 1.54) is 12.8 Å². The van der Waals surface area contributed by atoms with Crippen molar-refractivity contribution >= 4 is 8.07 Å². The third-order valence-corrected chi connectivity index (χ3v) is 5.61. The van der Waals surface area contributed by atoms with Crippen LogP contribution >= 0.6 is 0 Å². The molecule has 0 N–H and O–H groups in total. The molecule has 1 unspecified atom stereocenters. The molecule has 1 aliphatic carbocycles. The number of hydrogen-bond acceptors (Lipinski definition) is 1. The molecule has 14 heavy (non-hydrogen) atoms. The first-order valence-electron chi connectivity index (χ1n) is 5.56. The maximum atomic E-state index is 5.59. The van der Waals surface area contributed by atoms with E-state index >= 15 is 0 Å². The van der Waals surface area contributed by atoms with E-state index in [4.69, 9.17) is 4.74 Å². The van der Waals surface area contributed by atoms with Gasteiger partial charge in [-0.3, -0.25) is 0 Å². The second kappa shape index (κ2) is 3.67. The zero-order valence-corrected chi connectivity index (χ0v) is 10.5. The summed E-state index contributed by atoms with van der Waals surface area (Å²) in [5.74, 6) is 0.610. The van der Waals surface area contributed by atoms with Crippen LogP contribution in [0.2, 0.25) is 19.6 Å². The first-order chi connectivity index (χ1) is 6.59. The molecule has 0 aromatic carbocycles. The number of hydrogen-bond donors (Lipinski definition) is 0. The van der Waals surface area contributed by atoms with Crippen LogP contribution in [0.25, 0.3) is 0 Å². The number of rotatable bonds is 1. The van der Waals surface area contributed by atoms with Gasteiger partial charge in [0.25, 0.3) is 0 Å². The Kier molecular flexibility index (Phi) is 2.67. The summed E-state index contributed by atoms with van der Waals surface area (Å²) in [6, 6.07) is 0. The van der Waals surface area contributed by atoms with Crippen LogP contribution in [0.1, 0.15) is 12.8 Å². The van der Waals surface area contributed by atoms with E-state index in [0.29, 0.717) is 5.92 Å². The summed E-state index contributed by atoms with van der Waals surface area (Å²) in [6.45, 7) is 9.18. The summed E-state index contributed by atoms with van der Waals surface area (Å²) in [7, 11) is -1.11. The summed E-state index contributed by atoms with van der Waals surface area (Å²) < 4.78 is 5.59. The minimum absolute atomic E-state index is 0.610. The van der Waals surface area contributed by atoms with Crippen molar-refractivity contribution in [3.05, 3.63) is 22.9 Å². The minimum atomic E-state index is -1.11. The Morgan fingerprint density at radius 2 is 2.14 bits per heavy atom. The van der Waals surface area contributed by atoms with Crippen molar-refractivity contribution in [3.63, 3.8) is 0 Å². The third-order valence-electron chi connectivity index (χ3n) is 3.22. The van der Waals surface area contributed by atoms with Crippen LogP contribution in [-0.2, 0) is 4.74 Å².